The molecule has 1 aliphatic heterocycles. The zero-order chi connectivity index (χ0) is 17.4. The van der Waals surface area contributed by atoms with Crippen LogP contribution in [0.3, 0.4) is 0 Å². The normalized spacial score (nSPS) is 17.6. The number of carbonyl (C=O) groups is 1. The molecule has 0 spiro atoms. The third-order valence-corrected chi connectivity index (χ3v) is 4.98. The van der Waals surface area contributed by atoms with Gasteiger partial charge in [-0.15, -0.1) is 0 Å². The molecule has 1 heterocycles. The number of carbonyl (C=O) groups excluding carboxylic acids is 1. The second-order valence-electron chi connectivity index (χ2n) is 6.98. The average molecular weight is 332 g/mol. The van der Waals surface area contributed by atoms with E-state index < -0.39 is 0 Å². The van der Waals surface area contributed by atoms with Crippen LogP contribution in [0.25, 0.3) is 0 Å². The number of rotatable bonds is 8. The predicted octanol–water partition coefficient (Wildman–Crippen LogP) is 2.71. The summed E-state index contributed by atoms with van der Waals surface area (Å²) in [7, 11) is 0. The molecule has 1 unspecified atom stereocenters. The highest BCUT2D eigenvalue weighted by molar-refractivity contribution is 5.76. The molecule has 0 aromatic heterocycles. The van der Waals surface area contributed by atoms with Crippen LogP contribution in [0.5, 0.6) is 0 Å². The van der Waals surface area contributed by atoms with Gasteiger partial charge in [-0.25, -0.2) is 0 Å². The summed E-state index contributed by atoms with van der Waals surface area (Å²) >= 11 is 0. The number of hydrogen-bond donors (Lipinski definition) is 2. The van der Waals surface area contributed by atoms with Crippen LogP contribution >= 0.6 is 0 Å². The zero-order valence-electron chi connectivity index (χ0n) is 15.1. The number of amides is 1. The van der Waals surface area contributed by atoms with Crippen molar-refractivity contribution < 1.29 is 9.90 Å². The molecule has 134 valence electrons. The van der Waals surface area contributed by atoms with Gasteiger partial charge in [0.05, 0.1) is 6.10 Å². The SMILES string of the molecule is CCc1ccc(C(C)CC(=O)NCCCN2CCC(O)CC2)cc1. The van der Waals surface area contributed by atoms with Gasteiger partial charge in [-0.2, -0.15) is 0 Å². The second kappa shape index (κ2) is 9.80. The van der Waals surface area contributed by atoms with Crippen molar-refractivity contribution in [2.75, 3.05) is 26.2 Å². The van der Waals surface area contributed by atoms with Crippen molar-refractivity contribution in [2.24, 2.45) is 0 Å². The number of likely N-dealkylation sites (tertiary alicyclic amines) is 1. The Kier molecular flexibility index (Phi) is 7.73. The maximum atomic E-state index is 12.1. The summed E-state index contributed by atoms with van der Waals surface area (Å²) in [5.41, 5.74) is 2.56. The molecule has 1 aromatic carbocycles. The highest BCUT2D eigenvalue weighted by Crippen LogP contribution is 2.19. The van der Waals surface area contributed by atoms with Crippen LogP contribution in [0.15, 0.2) is 24.3 Å². The minimum absolute atomic E-state index is 0.117. The van der Waals surface area contributed by atoms with E-state index in [2.05, 4.69) is 48.3 Å². The van der Waals surface area contributed by atoms with E-state index in [9.17, 15) is 9.90 Å². The Bertz CT molecular complexity index is 493. The lowest BCUT2D eigenvalue weighted by Crippen LogP contribution is -2.37. The summed E-state index contributed by atoms with van der Waals surface area (Å²) < 4.78 is 0. The lowest BCUT2D eigenvalue weighted by molar-refractivity contribution is -0.121. The largest absolute Gasteiger partial charge is 0.393 e. The van der Waals surface area contributed by atoms with E-state index >= 15 is 0 Å². The maximum Gasteiger partial charge on any atom is 0.220 e. The fourth-order valence-electron chi connectivity index (χ4n) is 3.22. The number of piperidine rings is 1. The van der Waals surface area contributed by atoms with Gasteiger partial charge in [-0.05, 0) is 49.3 Å². The van der Waals surface area contributed by atoms with Crippen LogP contribution in [-0.4, -0.2) is 48.2 Å². The molecule has 1 fully saturated rings. The molecule has 1 aromatic rings. The lowest BCUT2D eigenvalue weighted by Gasteiger charge is -2.29. The highest BCUT2D eigenvalue weighted by Gasteiger charge is 2.16. The molecule has 0 radical (unpaired) electrons. The van der Waals surface area contributed by atoms with Crippen molar-refractivity contribution in [2.45, 2.75) is 58.0 Å². The topological polar surface area (TPSA) is 52.6 Å². The Balaban J connectivity index is 1.61. The Hall–Kier alpha value is -1.39. The summed E-state index contributed by atoms with van der Waals surface area (Å²) in [6.45, 7) is 7.94. The fraction of sp³-hybridized carbons (Fsp3) is 0.650. The smallest absolute Gasteiger partial charge is 0.220 e. The minimum atomic E-state index is -0.117. The second-order valence-corrected chi connectivity index (χ2v) is 6.98. The summed E-state index contributed by atoms with van der Waals surface area (Å²) in [4.78, 5) is 14.5. The van der Waals surface area contributed by atoms with Gasteiger partial charge in [0, 0.05) is 26.1 Å². The first-order chi connectivity index (χ1) is 11.6. The molecule has 0 aliphatic carbocycles. The van der Waals surface area contributed by atoms with Crippen LogP contribution in [0.4, 0.5) is 0 Å². The van der Waals surface area contributed by atoms with E-state index in [1.807, 2.05) is 0 Å². The van der Waals surface area contributed by atoms with Crippen molar-refractivity contribution >= 4 is 5.91 Å². The minimum Gasteiger partial charge on any atom is -0.393 e. The fourth-order valence-corrected chi connectivity index (χ4v) is 3.22. The van der Waals surface area contributed by atoms with Gasteiger partial charge < -0.3 is 15.3 Å². The predicted molar refractivity (Wildman–Crippen MR) is 98.2 cm³/mol. The van der Waals surface area contributed by atoms with E-state index in [0.717, 1.165) is 51.9 Å². The zero-order valence-corrected chi connectivity index (χ0v) is 15.1. The maximum absolute atomic E-state index is 12.1. The van der Waals surface area contributed by atoms with Gasteiger partial charge >= 0.3 is 0 Å². The van der Waals surface area contributed by atoms with Gasteiger partial charge in [-0.3, -0.25) is 4.79 Å². The Morgan fingerprint density at radius 1 is 1.29 bits per heavy atom. The molecule has 0 bridgehead atoms. The summed E-state index contributed by atoms with van der Waals surface area (Å²) in [5, 5.41) is 12.5. The van der Waals surface area contributed by atoms with Gasteiger partial charge in [0.15, 0.2) is 0 Å². The van der Waals surface area contributed by atoms with Crippen molar-refractivity contribution in [3.05, 3.63) is 35.4 Å². The van der Waals surface area contributed by atoms with E-state index in [1.54, 1.807) is 0 Å². The standard InChI is InChI=1S/C20H32N2O2/c1-3-17-5-7-18(8-6-17)16(2)15-20(24)21-11-4-12-22-13-9-19(23)10-14-22/h5-8,16,19,23H,3-4,9-15H2,1-2H3,(H,21,24). The number of nitrogens with zero attached hydrogens (tertiary/aromatic N) is 1. The van der Waals surface area contributed by atoms with Crippen molar-refractivity contribution in [1.29, 1.82) is 0 Å². The summed E-state index contributed by atoms with van der Waals surface area (Å²) in [6, 6.07) is 8.59. The van der Waals surface area contributed by atoms with Crippen molar-refractivity contribution in [3.8, 4) is 0 Å². The van der Waals surface area contributed by atoms with E-state index in [-0.39, 0.29) is 17.9 Å². The number of aliphatic hydroxyl groups excluding tert-OH is 1. The lowest BCUT2D eigenvalue weighted by atomic mass is 9.96. The Labute approximate surface area is 146 Å². The average Bonchev–Trinajstić information content (AvgIpc) is 2.60. The quantitative estimate of drug-likeness (QED) is 0.720. The number of benzene rings is 1. The number of aryl methyl sites for hydroxylation is 1. The van der Waals surface area contributed by atoms with Gasteiger partial charge in [-0.1, -0.05) is 38.1 Å². The first kappa shape index (κ1) is 18.9. The molecular weight excluding hydrogens is 300 g/mol. The third kappa shape index (κ3) is 6.25. The van der Waals surface area contributed by atoms with E-state index in [1.165, 1.54) is 11.1 Å². The van der Waals surface area contributed by atoms with Gasteiger partial charge in [0.2, 0.25) is 5.91 Å². The molecule has 2 rings (SSSR count). The first-order valence-electron chi connectivity index (χ1n) is 9.34. The van der Waals surface area contributed by atoms with Crippen LogP contribution in [0.2, 0.25) is 0 Å². The highest BCUT2D eigenvalue weighted by atomic mass is 16.3. The van der Waals surface area contributed by atoms with E-state index in [4.69, 9.17) is 0 Å². The summed E-state index contributed by atoms with van der Waals surface area (Å²) in [6.07, 6.45) is 4.20. The molecule has 1 atom stereocenters. The third-order valence-electron chi connectivity index (χ3n) is 4.98. The molecule has 4 nitrogen and oxygen atoms in total. The molecule has 1 aliphatic rings. The number of nitrogens with one attached hydrogen (secondary N) is 1. The molecular formula is C20H32N2O2. The Morgan fingerprint density at radius 3 is 2.58 bits per heavy atom. The van der Waals surface area contributed by atoms with Crippen molar-refractivity contribution in [1.82, 2.24) is 10.2 Å². The molecule has 1 amide bonds. The van der Waals surface area contributed by atoms with Gasteiger partial charge in [0.1, 0.15) is 0 Å². The van der Waals surface area contributed by atoms with Crippen LogP contribution in [0, 0.1) is 0 Å². The van der Waals surface area contributed by atoms with Crippen LogP contribution in [0.1, 0.15) is 56.6 Å². The number of aliphatic hydroxyl groups is 1. The van der Waals surface area contributed by atoms with Crippen LogP contribution < -0.4 is 5.32 Å². The van der Waals surface area contributed by atoms with Crippen molar-refractivity contribution in [3.63, 3.8) is 0 Å². The van der Waals surface area contributed by atoms with Gasteiger partial charge in [0.25, 0.3) is 0 Å². The molecule has 2 N–H and O–H groups in total. The molecule has 0 saturated carbocycles. The van der Waals surface area contributed by atoms with Crippen LogP contribution in [-0.2, 0) is 11.2 Å². The molecule has 1 saturated heterocycles. The Morgan fingerprint density at radius 2 is 1.96 bits per heavy atom. The molecule has 4 heteroatoms. The first-order valence-corrected chi connectivity index (χ1v) is 9.34. The van der Waals surface area contributed by atoms with E-state index in [0.29, 0.717) is 6.42 Å². The molecule has 24 heavy (non-hydrogen) atoms. The number of hydrogen-bond acceptors (Lipinski definition) is 3. The monoisotopic (exact) mass is 332 g/mol. The summed E-state index contributed by atoms with van der Waals surface area (Å²) in [5.74, 6) is 0.385.